The van der Waals surface area contributed by atoms with Crippen LogP contribution >= 0.6 is 0 Å². The Hall–Kier alpha value is -3.61. The highest BCUT2D eigenvalue weighted by Crippen LogP contribution is 2.40. The van der Waals surface area contributed by atoms with Crippen LogP contribution in [0.15, 0.2) is 48.5 Å². The predicted octanol–water partition coefficient (Wildman–Crippen LogP) is 3.99. The van der Waals surface area contributed by atoms with Crippen molar-refractivity contribution >= 4 is 23.8 Å². The quantitative estimate of drug-likeness (QED) is 0.580. The number of nitrogens with one attached hydrogen (secondary N) is 1. The van der Waals surface area contributed by atoms with Gasteiger partial charge in [0, 0.05) is 43.4 Å². The summed E-state index contributed by atoms with van der Waals surface area (Å²) in [5.41, 5.74) is 3.69. The molecule has 0 bridgehead atoms. The zero-order chi connectivity index (χ0) is 26.4. The van der Waals surface area contributed by atoms with Crippen molar-refractivity contribution in [3.05, 3.63) is 70.8 Å². The molecule has 2 aromatic carbocycles. The summed E-state index contributed by atoms with van der Waals surface area (Å²) in [4.78, 5) is 41.9. The molecule has 196 valence electrons. The van der Waals surface area contributed by atoms with Crippen LogP contribution in [-0.2, 0) is 9.59 Å². The summed E-state index contributed by atoms with van der Waals surface area (Å²) in [5.74, 6) is 0.492. The van der Waals surface area contributed by atoms with Crippen LogP contribution in [0.4, 0.5) is 0 Å². The van der Waals surface area contributed by atoms with Gasteiger partial charge in [0.15, 0.2) is 0 Å². The number of carbonyl (C=O) groups excluding carboxylic acids is 3. The number of carbonyl (C=O) groups is 3. The van der Waals surface area contributed by atoms with Gasteiger partial charge in [-0.05, 0) is 80.9 Å². The lowest BCUT2D eigenvalue weighted by atomic mass is 9.78. The number of amides is 3. The van der Waals surface area contributed by atoms with Crippen molar-refractivity contribution in [2.45, 2.75) is 40.0 Å². The van der Waals surface area contributed by atoms with E-state index in [1.54, 1.807) is 12.1 Å². The molecular formula is C30H37N3O4. The summed E-state index contributed by atoms with van der Waals surface area (Å²) >= 11 is 0. The average molecular weight is 504 g/mol. The van der Waals surface area contributed by atoms with Crippen LogP contribution in [0.25, 0.3) is 6.08 Å². The highest BCUT2D eigenvalue weighted by Gasteiger charge is 2.42. The Kier molecular flexibility index (Phi) is 8.31. The number of aryl methyl sites for hydroxylation is 2. The SMILES string of the molecule is CCOc1ccccc1C=CC(=O)N1CCC2(CC1)CCN(C(=O)CNC(=O)c1ccc(C)c(C)c1)C2. The molecule has 1 N–H and O–H groups in total. The van der Waals surface area contributed by atoms with Gasteiger partial charge in [0.2, 0.25) is 11.8 Å². The molecule has 1 spiro atoms. The molecule has 0 aliphatic carbocycles. The number of hydrogen-bond donors (Lipinski definition) is 1. The molecule has 2 aliphatic rings. The van der Waals surface area contributed by atoms with E-state index < -0.39 is 0 Å². The van der Waals surface area contributed by atoms with Crippen LogP contribution in [0.2, 0.25) is 0 Å². The second-order valence-corrected chi connectivity index (χ2v) is 10.2. The molecule has 2 heterocycles. The molecule has 0 saturated carbocycles. The number of likely N-dealkylation sites (tertiary alicyclic amines) is 2. The minimum atomic E-state index is -0.228. The van der Waals surface area contributed by atoms with E-state index in [4.69, 9.17) is 4.74 Å². The van der Waals surface area contributed by atoms with Gasteiger partial charge in [0.25, 0.3) is 5.91 Å². The molecule has 7 heteroatoms. The summed E-state index contributed by atoms with van der Waals surface area (Å²) in [6.07, 6.45) is 6.13. The van der Waals surface area contributed by atoms with Crippen LogP contribution in [0.5, 0.6) is 5.75 Å². The first-order valence-corrected chi connectivity index (χ1v) is 13.1. The molecular weight excluding hydrogens is 466 g/mol. The number of nitrogens with zero attached hydrogens (tertiary/aromatic N) is 2. The predicted molar refractivity (Wildman–Crippen MR) is 144 cm³/mol. The van der Waals surface area contributed by atoms with E-state index in [1.165, 1.54) is 0 Å². The fourth-order valence-corrected chi connectivity index (χ4v) is 5.18. The second kappa shape index (κ2) is 11.6. The van der Waals surface area contributed by atoms with Gasteiger partial charge in [-0.3, -0.25) is 14.4 Å². The maximum atomic E-state index is 12.8. The Balaban J connectivity index is 1.25. The number of benzene rings is 2. The Bertz CT molecular complexity index is 1180. The van der Waals surface area contributed by atoms with Crippen LogP contribution < -0.4 is 10.1 Å². The Morgan fingerprint density at radius 1 is 0.973 bits per heavy atom. The molecule has 0 unspecified atom stereocenters. The average Bonchev–Trinajstić information content (AvgIpc) is 3.32. The molecule has 7 nitrogen and oxygen atoms in total. The summed E-state index contributed by atoms with van der Waals surface area (Å²) in [6.45, 7) is 9.23. The minimum absolute atomic E-state index is 0.000459. The molecule has 2 saturated heterocycles. The molecule has 2 aromatic rings. The van der Waals surface area contributed by atoms with Crippen LogP contribution in [0, 0.1) is 19.3 Å². The third kappa shape index (κ3) is 6.40. The van der Waals surface area contributed by atoms with Crippen molar-refractivity contribution in [3.8, 4) is 5.75 Å². The van der Waals surface area contributed by atoms with Gasteiger partial charge >= 0.3 is 0 Å². The summed E-state index contributed by atoms with van der Waals surface area (Å²) in [7, 11) is 0. The van der Waals surface area contributed by atoms with Crippen LogP contribution in [0.1, 0.15) is 53.2 Å². The van der Waals surface area contributed by atoms with Crippen LogP contribution in [-0.4, -0.2) is 66.9 Å². The summed E-state index contributed by atoms with van der Waals surface area (Å²) < 4.78 is 5.64. The van der Waals surface area contributed by atoms with Gasteiger partial charge in [-0.2, -0.15) is 0 Å². The minimum Gasteiger partial charge on any atom is -0.493 e. The van der Waals surface area contributed by atoms with Gasteiger partial charge in [-0.25, -0.2) is 0 Å². The topological polar surface area (TPSA) is 79.0 Å². The molecule has 4 rings (SSSR count). The maximum absolute atomic E-state index is 12.8. The highest BCUT2D eigenvalue weighted by molar-refractivity contribution is 5.96. The van der Waals surface area contributed by atoms with Crippen molar-refractivity contribution < 1.29 is 19.1 Å². The van der Waals surface area contributed by atoms with E-state index >= 15 is 0 Å². The number of para-hydroxylation sites is 1. The van der Waals surface area contributed by atoms with E-state index in [2.05, 4.69) is 5.32 Å². The van der Waals surface area contributed by atoms with Crippen molar-refractivity contribution in [2.24, 2.45) is 5.41 Å². The Morgan fingerprint density at radius 2 is 1.68 bits per heavy atom. The summed E-state index contributed by atoms with van der Waals surface area (Å²) in [5, 5.41) is 2.78. The zero-order valence-corrected chi connectivity index (χ0v) is 22.1. The third-order valence-electron chi connectivity index (χ3n) is 7.72. The van der Waals surface area contributed by atoms with Crippen molar-refractivity contribution in [3.63, 3.8) is 0 Å². The Labute approximate surface area is 219 Å². The first-order chi connectivity index (χ1) is 17.8. The lowest BCUT2D eigenvalue weighted by Gasteiger charge is -2.39. The fraction of sp³-hybridized carbons (Fsp3) is 0.433. The van der Waals surface area contributed by atoms with E-state index in [0.717, 1.165) is 41.7 Å². The number of piperidine rings is 1. The number of rotatable bonds is 7. The number of hydrogen-bond acceptors (Lipinski definition) is 4. The largest absolute Gasteiger partial charge is 0.493 e. The first kappa shape index (κ1) is 26.5. The molecule has 2 aliphatic heterocycles. The Morgan fingerprint density at radius 3 is 2.38 bits per heavy atom. The highest BCUT2D eigenvalue weighted by atomic mass is 16.5. The van der Waals surface area contributed by atoms with Gasteiger partial charge in [-0.1, -0.05) is 24.3 Å². The fourth-order valence-electron chi connectivity index (χ4n) is 5.18. The summed E-state index contributed by atoms with van der Waals surface area (Å²) in [6, 6.07) is 13.2. The zero-order valence-electron chi connectivity index (χ0n) is 22.1. The normalized spacial score (nSPS) is 16.8. The molecule has 2 fully saturated rings. The third-order valence-corrected chi connectivity index (χ3v) is 7.72. The van der Waals surface area contributed by atoms with E-state index in [9.17, 15) is 14.4 Å². The van der Waals surface area contributed by atoms with Crippen LogP contribution in [0.3, 0.4) is 0 Å². The first-order valence-electron chi connectivity index (χ1n) is 13.1. The number of ether oxygens (including phenoxy) is 1. The standard InChI is InChI=1S/C30H37N3O4/c1-4-37-26-8-6-5-7-24(26)11-12-27(34)32-16-13-30(14-17-32)15-18-33(21-30)28(35)20-31-29(36)25-10-9-22(2)23(3)19-25/h5-12,19H,4,13-18,20-21H2,1-3H3,(H,31,36). The molecule has 0 aromatic heterocycles. The lowest BCUT2D eigenvalue weighted by molar-refractivity contribution is -0.131. The van der Waals surface area contributed by atoms with E-state index in [-0.39, 0.29) is 29.7 Å². The van der Waals surface area contributed by atoms with Gasteiger partial charge in [-0.15, -0.1) is 0 Å². The van der Waals surface area contributed by atoms with Gasteiger partial charge in [0.1, 0.15) is 5.75 Å². The van der Waals surface area contributed by atoms with E-state index in [0.29, 0.717) is 38.3 Å². The molecule has 0 atom stereocenters. The maximum Gasteiger partial charge on any atom is 0.251 e. The van der Waals surface area contributed by atoms with E-state index in [1.807, 2.05) is 73.0 Å². The monoisotopic (exact) mass is 503 g/mol. The molecule has 3 amide bonds. The van der Waals surface area contributed by atoms with Gasteiger partial charge < -0.3 is 19.9 Å². The smallest absolute Gasteiger partial charge is 0.251 e. The van der Waals surface area contributed by atoms with Gasteiger partial charge in [0.05, 0.1) is 13.2 Å². The van der Waals surface area contributed by atoms with Crippen molar-refractivity contribution in [1.29, 1.82) is 0 Å². The molecule has 37 heavy (non-hydrogen) atoms. The van der Waals surface area contributed by atoms with Crippen molar-refractivity contribution in [2.75, 3.05) is 39.3 Å². The molecule has 0 radical (unpaired) electrons. The van der Waals surface area contributed by atoms with Crippen molar-refractivity contribution in [1.82, 2.24) is 15.1 Å². The second-order valence-electron chi connectivity index (χ2n) is 10.2. The lowest BCUT2D eigenvalue weighted by Crippen LogP contribution is -2.45.